The highest BCUT2D eigenvalue weighted by Crippen LogP contribution is 2.35. The van der Waals surface area contributed by atoms with Crippen LogP contribution in [0, 0.1) is 5.92 Å². The van der Waals surface area contributed by atoms with Crippen LogP contribution in [0.3, 0.4) is 0 Å². The van der Waals surface area contributed by atoms with E-state index in [1.165, 1.54) is 4.88 Å². The van der Waals surface area contributed by atoms with Crippen molar-refractivity contribution in [3.05, 3.63) is 16.6 Å². The van der Waals surface area contributed by atoms with E-state index in [-0.39, 0.29) is 6.10 Å². The van der Waals surface area contributed by atoms with Crippen molar-refractivity contribution in [3.8, 4) is 0 Å². The summed E-state index contributed by atoms with van der Waals surface area (Å²) in [7, 11) is 0. The lowest BCUT2D eigenvalue weighted by Gasteiger charge is -2.16. The summed E-state index contributed by atoms with van der Waals surface area (Å²) in [5.74, 6) is 0.621. The predicted molar refractivity (Wildman–Crippen MR) is 57.5 cm³/mol. The summed E-state index contributed by atoms with van der Waals surface area (Å²) in [6.45, 7) is 5.11. The van der Waals surface area contributed by atoms with Gasteiger partial charge in [-0.15, -0.1) is 11.3 Å². The molecule has 2 rings (SSSR count). The van der Waals surface area contributed by atoms with E-state index in [2.05, 4.69) is 17.2 Å². The van der Waals surface area contributed by atoms with Crippen LogP contribution in [0.2, 0.25) is 0 Å². The average Bonchev–Trinajstić information content (AvgIpc) is 2.84. The first kappa shape index (κ1) is 10.1. The quantitative estimate of drug-likeness (QED) is 0.827. The lowest BCUT2D eigenvalue weighted by atomic mass is 10.0. The second-order valence-corrected chi connectivity index (χ2v) is 4.47. The minimum atomic E-state index is 0.279. The average molecular weight is 212 g/mol. The molecule has 0 amide bonds. The Bertz CT molecular complexity index is 263. The third kappa shape index (κ3) is 2.13. The number of hydrogen-bond acceptors (Lipinski definition) is 4. The minimum absolute atomic E-state index is 0.279. The topological polar surface area (TPSA) is 34.1 Å². The zero-order valence-electron chi connectivity index (χ0n) is 8.40. The molecule has 0 aliphatic carbocycles. The Morgan fingerprint density at radius 1 is 1.71 bits per heavy atom. The molecule has 1 aromatic heterocycles. The Morgan fingerprint density at radius 3 is 3.36 bits per heavy atom. The molecule has 1 saturated heterocycles. The molecule has 1 aromatic rings. The fraction of sp³-hybridized carbons (Fsp3) is 0.700. The zero-order chi connectivity index (χ0) is 9.80. The summed E-state index contributed by atoms with van der Waals surface area (Å²) >= 11 is 1.69. The molecule has 1 aliphatic heterocycles. The zero-order valence-corrected chi connectivity index (χ0v) is 9.22. The van der Waals surface area contributed by atoms with Crippen molar-refractivity contribution < 1.29 is 4.74 Å². The molecular formula is C10H16N2OS. The number of ether oxygens (including phenoxy) is 1. The maximum absolute atomic E-state index is 5.74. The highest BCUT2D eigenvalue weighted by molar-refractivity contribution is 7.09. The third-order valence-corrected chi connectivity index (χ3v) is 3.44. The van der Waals surface area contributed by atoms with Crippen molar-refractivity contribution in [2.75, 3.05) is 19.7 Å². The molecule has 78 valence electrons. The Kier molecular flexibility index (Phi) is 3.50. The van der Waals surface area contributed by atoms with Gasteiger partial charge < -0.3 is 10.1 Å². The van der Waals surface area contributed by atoms with Gasteiger partial charge >= 0.3 is 0 Å². The van der Waals surface area contributed by atoms with Crippen LogP contribution in [-0.2, 0) is 4.74 Å². The van der Waals surface area contributed by atoms with E-state index in [9.17, 15) is 0 Å². The summed E-state index contributed by atoms with van der Waals surface area (Å²) in [6.07, 6.45) is 3.37. The van der Waals surface area contributed by atoms with Gasteiger partial charge in [0.1, 0.15) is 0 Å². The van der Waals surface area contributed by atoms with Crippen molar-refractivity contribution in [2.45, 2.75) is 19.4 Å². The molecule has 3 nitrogen and oxygen atoms in total. The standard InChI is InChI=1S/C10H16N2OS/c1-2-11-5-8-3-4-13-10(8)9-6-12-7-14-9/h6-8,10-11H,2-5H2,1H3. The van der Waals surface area contributed by atoms with Gasteiger partial charge in [0, 0.05) is 25.3 Å². The molecule has 0 saturated carbocycles. The second kappa shape index (κ2) is 4.87. The predicted octanol–water partition coefficient (Wildman–Crippen LogP) is 1.83. The number of hydrogen-bond donors (Lipinski definition) is 1. The summed E-state index contributed by atoms with van der Waals surface area (Å²) in [6, 6.07) is 0. The lowest BCUT2D eigenvalue weighted by Crippen LogP contribution is -2.24. The molecule has 4 heteroatoms. The fourth-order valence-electron chi connectivity index (χ4n) is 1.85. The summed E-state index contributed by atoms with van der Waals surface area (Å²) < 4.78 is 5.74. The van der Waals surface area contributed by atoms with Crippen molar-refractivity contribution in [1.29, 1.82) is 0 Å². The molecule has 0 spiro atoms. The molecule has 14 heavy (non-hydrogen) atoms. The number of aromatic nitrogens is 1. The van der Waals surface area contributed by atoms with E-state index >= 15 is 0 Å². The van der Waals surface area contributed by atoms with Gasteiger partial charge in [0.2, 0.25) is 0 Å². The van der Waals surface area contributed by atoms with Gasteiger partial charge in [-0.3, -0.25) is 4.98 Å². The molecule has 2 unspecified atom stereocenters. The minimum Gasteiger partial charge on any atom is -0.372 e. The maximum atomic E-state index is 5.74. The molecule has 0 bridgehead atoms. The highest BCUT2D eigenvalue weighted by atomic mass is 32.1. The SMILES string of the molecule is CCNCC1CCOC1c1cncs1. The van der Waals surface area contributed by atoms with Crippen molar-refractivity contribution >= 4 is 11.3 Å². The van der Waals surface area contributed by atoms with Crippen LogP contribution >= 0.6 is 11.3 Å². The third-order valence-electron chi connectivity index (χ3n) is 2.60. The van der Waals surface area contributed by atoms with Gasteiger partial charge in [-0.25, -0.2) is 0 Å². The maximum Gasteiger partial charge on any atom is 0.0973 e. The number of rotatable bonds is 4. The highest BCUT2D eigenvalue weighted by Gasteiger charge is 2.29. The normalized spacial score (nSPS) is 26.9. The lowest BCUT2D eigenvalue weighted by molar-refractivity contribution is 0.0933. The second-order valence-electron chi connectivity index (χ2n) is 3.55. The van der Waals surface area contributed by atoms with Gasteiger partial charge in [0.05, 0.1) is 16.5 Å². The van der Waals surface area contributed by atoms with Crippen LogP contribution in [0.25, 0.3) is 0 Å². The number of nitrogens with zero attached hydrogens (tertiary/aromatic N) is 1. The van der Waals surface area contributed by atoms with Gasteiger partial charge in [-0.1, -0.05) is 6.92 Å². The van der Waals surface area contributed by atoms with Crippen molar-refractivity contribution in [2.24, 2.45) is 5.92 Å². The molecule has 1 fully saturated rings. The summed E-state index contributed by atoms with van der Waals surface area (Å²) in [5.41, 5.74) is 1.88. The first-order chi connectivity index (χ1) is 6.92. The molecule has 0 aromatic carbocycles. The number of nitrogens with one attached hydrogen (secondary N) is 1. The van der Waals surface area contributed by atoms with Crippen molar-refractivity contribution in [3.63, 3.8) is 0 Å². The van der Waals surface area contributed by atoms with Gasteiger partial charge in [0.15, 0.2) is 0 Å². The van der Waals surface area contributed by atoms with Gasteiger partial charge in [-0.2, -0.15) is 0 Å². The van der Waals surface area contributed by atoms with E-state index in [4.69, 9.17) is 4.74 Å². The largest absolute Gasteiger partial charge is 0.372 e. The van der Waals surface area contributed by atoms with E-state index < -0.39 is 0 Å². The summed E-state index contributed by atoms with van der Waals surface area (Å²) in [5, 5.41) is 3.39. The summed E-state index contributed by atoms with van der Waals surface area (Å²) in [4.78, 5) is 5.37. The van der Waals surface area contributed by atoms with E-state index in [1.807, 2.05) is 11.7 Å². The Hall–Kier alpha value is -0.450. The first-order valence-electron chi connectivity index (χ1n) is 5.12. The smallest absolute Gasteiger partial charge is 0.0973 e. The molecule has 2 atom stereocenters. The molecule has 0 radical (unpaired) electrons. The van der Waals surface area contributed by atoms with Crippen LogP contribution in [0.4, 0.5) is 0 Å². The van der Waals surface area contributed by atoms with E-state index in [0.717, 1.165) is 26.1 Å². The molecule has 2 heterocycles. The van der Waals surface area contributed by atoms with Gasteiger partial charge in [-0.05, 0) is 13.0 Å². The van der Waals surface area contributed by atoms with Gasteiger partial charge in [0.25, 0.3) is 0 Å². The van der Waals surface area contributed by atoms with E-state index in [0.29, 0.717) is 5.92 Å². The first-order valence-corrected chi connectivity index (χ1v) is 6.00. The molecule has 1 N–H and O–H groups in total. The molecular weight excluding hydrogens is 196 g/mol. The van der Waals surface area contributed by atoms with Crippen LogP contribution in [-0.4, -0.2) is 24.7 Å². The molecule has 1 aliphatic rings. The van der Waals surface area contributed by atoms with Crippen LogP contribution in [0.5, 0.6) is 0 Å². The monoisotopic (exact) mass is 212 g/mol. The number of thiazole rings is 1. The van der Waals surface area contributed by atoms with Crippen LogP contribution in [0.1, 0.15) is 24.3 Å². The van der Waals surface area contributed by atoms with Crippen molar-refractivity contribution in [1.82, 2.24) is 10.3 Å². The van der Waals surface area contributed by atoms with Crippen LogP contribution in [0.15, 0.2) is 11.7 Å². The fourth-order valence-corrected chi connectivity index (χ4v) is 2.61. The Labute approximate surface area is 88.5 Å². The van der Waals surface area contributed by atoms with E-state index in [1.54, 1.807) is 11.3 Å². The van der Waals surface area contributed by atoms with Crippen LogP contribution < -0.4 is 5.32 Å². The Balaban J connectivity index is 1.97. The Morgan fingerprint density at radius 2 is 2.64 bits per heavy atom.